The minimum atomic E-state index is -1.40. The highest BCUT2D eigenvalue weighted by Crippen LogP contribution is 2.30. The molecule has 6 N–H and O–H groups in total. The number of hydrogen-bond acceptors (Lipinski definition) is 12. The van der Waals surface area contributed by atoms with E-state index in [9.17, 15) is 43.2 Å². The Labute approximate surface area is 736 Å². The molecule has 0 aromatic heterocycles. The van der Waals surface area contributed by atoms with Gasteiger partial charge in [0.15, 0.2) is 0 Å². The molecule has 674 valence electrons. The van der Waals surface area contributed by atoms with Crippen LogP contribution in [0.2, 0.25) is 0 Å². The van der Waals surface area contributed by atoms with Crippen molar-refractivity contribution in [3.63, 3.8) is 0 Å². The first-order valence-electron chi connectivity index (χ1n) is 47.3. The molecule has 6 aromatic rings. The molecule has 0 saturated heterocycles. The maximum atomic E-state index is 14.1. The summed E-state index contributed by atoms with van der Waals surface area (Å²) in [5.41, 5.74) is 1.33. The number of benzene rings is 6. The normalized spacial score (nSPS) is 11.1. The number of para-hydroxylation sites is 3. The summed E-state index contributed by atoms with van der Waals surface area (Å²) in [6.07, 6.45) is 51.4. The predicted molar refractivity (Wildman–Crippen MR) is 504 cm³/mol. The average Bonchev–Trinajstić information content (AvgIpc) is 0.851. The zero-order valence-electron chi connectivity index (χ0n) is 75.1. The van der Waals surface area contributed by atoms with Crippen molar-refractivity contribution in [1.82, 2.24) is 0 Å². The van der Waals surface area contributed by atoms with Gasteiger partial charge in [0, 0.05) is 53.4 Å². The highest BCUT2D eigenvalue weighted by atomic mass is 16.6. The third-order valence-corrected chi connectivity index (χ3v) is 22.7. The number of anilines is 9. The van der Waals surface area contributed by atoms with Crippen molar-refractivity contribution in [2.75, 3.05) is 66.4 Å². The lowest BCUT2D eigenvalue weighted by molar-refractivity contribution is -0.118. The van der Waals surface area contributed by atoms with Gasteiger partial charge < -0.3 is 30.2 Å². The summed E-state index contributed by atoms with van der Waals surface area (Å²) in [5, 5.41) is 16.6. The quantitative estimate of drug-likeness (QED) is 0.0154. The Morgan fingerprint density at radius 3 is 0.618 bits per heavy atom. The van der Waals surface area contributed by atoms with Crippen LogP contribution in [-0.4, -0.2) is 73.9 Å². The molecular formula is C102H149N9O12. The van der Waals surface area contributed by atoms with Crippen LogP contribution >= 0.6 is 0 Å². The molecule has 0 aliphatic carbocycles. The van der Waals surface area contributed by atoms with E-state index in [1.807, 2.05) is 18.2 Å². The monoisotopic (exact) mass is 1690 g/mol. The summed E-state index contributed by atoms with van der Waals surface area (Å²) in [6.45, 7) is 7.10. The standard InChI is InChI=1S/C102H149N9O12/c1-5-9-12-15-18-21-24-27-30-33-36-39-42-45-57-75-93(112)109(90-69-51-48-52-70-90)96(115)103-84-63-60-66-87(78-84)106-99(118)121-81-102(8-4,82-122-100(119)107-88-67-61-64-85(79-88)104-97(116)110(91-71-53-49-54-72-91)94(113)76-58-46-43-40-37-34-31-28-25-22-19-16-13-10-6-2)83-123-101(120)108-89-68-62-65-86(80-89)105-98(117)111(92-73-55-50-56-74-92)95(114)77-59-47-44-41-38-35-32-29-26-23-20-17-14-11-7-3/h48-56,60-74,78-80H,5-47,57-59,75-77,81-83H2,1-4H3,(H,103,115)(H,104,116)(H,105,117)(H,106,118)(H,107,119)(H,108,120). The number of amides is 12. The Hall–Kier alpha value is -10.1. The number of carbonyl (C=O) groups is 9. The van der Waals surface area contributed by atoms with Crippen LogP contribution < -0.4 is 46.6 Å². The summed E-state index contributed by atoms with van der Waals surface area (Å²) >= 11 is 0. The number of imide groups is 3. The molecule has 6 rings (SSSR count). The van der Waals surface area contributed by atoms with E-state index in [2.05, 4.69) is 52.7 Å². The van der Waals surface area contributed by atoms with E-state index in [0.717, 1.165) is 72.5 Å². The van der Waals surface area contributed by atoms with E-state index in [1.54, 1.807) is 134 Å². The second-order valence-electron chi connectivity index (χ2n) is 33.3. The number of nitrogens with one attached hydrogen (secondary N) is 6. The van der Waals surface area contributed by atoms with Gasteiger partial charge in [-0.3, -0.25) is 30.3 Å². The van der Waals surface area contributed by atoms with Crippen molar-refractivity contribution in [3.05, 3.63) is 164 Å². The van der Waals surface area contributed by atoms with E-state index in [-0.39, 0.29) is 77.5 Å². The van der Waals surface area contributed by atoms with Crippen molar-refractivity contribution < 1.29 is 57.4 Å². The minimum Gasteiger partial charge on any atom is -0.448 e. The van der Waals surface area contributed by atoms with Crippen LogP contribution in [0, 0.1) is 5.41 Å². The van der Waals surface area contributed by atoms with Crippen molar-refractivity contribution >= 4 is 105 Å². The Morgan fingerprint density at radius 1 is 0.236 bits per heavy atom. The molecule has 123 heavy (non-hydrogen) atoms. The first-order valence-corrected chi connectivity index (χ1v) is 47.3. The molecule has 0 aliphatic heterocycles. The molecule has 0 spiro atoms. The molecule has 0 heterocycles. The smallest absolute Gasteiger partial charge is 0.411 e. The number of urea groups is 3. The third kappa shape index (κ3) is 43.7. The fraction of sp³-hybridized carbons (Fsp3) is 0.559. The van der Waals surface area contributed by atoms with Crippen LogP contribution in [0.3, 0.4) is 0 Å². The maximum Gasteiger partial charge on any atom is 0.411 e. The number of unbranched alkanes of at least 4 members (excludes halogenated alkanes) is 42. The van der Waals surface area contributed by atoms with Crippen LogP contribution in [0.25, 0.3) is 0 Å². The van der Waals surface area contributed by atoms with Gasteiger partial charge >= 0.3 is 36.4 Å². The van der Waals surface area contributed by atoms with Gasteiger partial charge in [-0.05, 0) is 117 Å². The number of hydrogen-bond donors (Lipinski definition) is 6. The van der Waals surface area contributed by atoms with Crippen molar-refractivity contribution in [2.24, 2.45) is 5.41 Å². The van der Waals surface area contributed by atoms with Gasteiger partial charge in [-0.2, -0.15) is 0 Å². The number of carbonyl (C=O) groups excluding carboxylic acids is 9. The summed E-state index contributed by atoms with van der Waals surface area (Å²) in [7, 11) is 0. The second-order valence-corrected chi connectivity index (χ2v) is 33.3. The van der Waals surface area contributed by atoms with E-state index >= 15 is 0 Å². The molecule has 21 nitrogen and oxygen atoms in total. The molecule has 0 atom stereocenters. The Kier molecular flexibility index (Phi) is 52.8. The van der Waals surface area contributed by atoms with E-state index < -0.39 is 61.6 Å². The third-order valence-electron chi connectivity index (χ3n) is 22.7. The molecule has 12 amide bonds. The van der Waals surface area contributed by atoms with E-state index in [0.29, 0.717) is 36.3 Å². The van der Waals surface area contributed by atoms with Crippen LogP contribution in [0.4, 0.5) is 80.0 Å². The summed E-state index contributed by atoms with van der Waals surface area (Å²) in [4.78, 5) is 129. The van der Waals surface area contributed by atoms with Gasteiger partial charge in [-0.1, -0.05) is 370 Å². The topological polar surface area (TPSA) is 263 Å². The maximum absolute atomic E-state index is 14.1. The molecule has 21 heteroatoms. The molecular weight excluding hydrogens is 1540 g/mol. The molecule has 0 bridgehead atoms. The van der Waals surface area contributed by atoms with Crippen molar-refractivity contribution in [2.45, 2.75) is 342 Å². The van der Waals surface area contributed by atoms with Gasteiger partial charge in [-0.15, -0.1) is 0 Å². The number of rotatable bonds is 64. The SMILES string of the molecule is CCCCCCCCCCCCCCCCCC(=O)N(C(=O)Nc1cccc(NC(=O)OCC(CC)(COC(=O)Nc2cccc(NC(=O)N(C(=O)CCCCCCCCCCCCCCCCC)c3ccccc3)c2)COC(=O)Nc2cccc(NC(=O)N(C(=O)CCCCCCCCCCCCCCCCC)c3ccccc3)c2)c1)c1ccccc1. The van der Waals surface area contributed by atoms with Gasteiger partial charge in [0.2, 0.25) is 17.7 Å². The van der Waals surface area contributed by atoms with E-state index in [1.165, 1.54) is 230 Å². The van der Waals surface area contributed by atoms with Crippen LogP contribution in [-0.2, 0) is 28.6 Å². The van der Waals surface area contributed by atoms with Gasteiger partial charge in [0.1, 0.15) is 19.8 Å². The average molecular weight is 1690 g/mol. The van der Waals surface area contributed by atoms with Gasteiger partial charge in [0.25, 0.3) is 0 Å². The largest absolute Gasteiger partial charge is 0.448 e. The highest BCUT2D eigenvalue weighted by Gasteiger charge is 2.35. The van der Waals surface area contributed by atoms with Crippen LogP contribution in [0.15, 0.2) is 164 Å². The minimum absolute atomic E-state index is 0.119. The molecule has 0 saturated carbocycles. The molecule has 0 radical (unpaired) electrons. The van der Waals surface area contributed by atoms with Gasteiger partial charge in [-0.25, -0.2) is 43.5 Å². The zero-order valence-corrected chi connectivity index (χ0v) is 75.1. The first kappa shape index (κ1) is 102. The van der Waals surface area contributed by atoms with Crippen LogP contribution in [0.5, 0.6) is 0 Å². The highest BCUT2D eigenvalue weighted by molar-refractivity contribution is 6.20. The number of ether oxygens (including phenoxy) is 3. The molecule has 6 aromatic carbocycles. The Bertz CT molecular complexity index is 3550. The Morgan fingerprint density at radius 2 is 0.423 bits per heavy atom. The lowest BCUT2D eigenvalue weighted by Gasteiger charge is -2.31. The fourth-order valence-corrected chi connectivity index (χ4v) is 15.2. The predicted octanol–water partition coefficient (Wildman–Crippen LogP) is 29.6. The lowest BCUT2D eigenvalue weighted by Crippen LogP contribution is -2.40. The van der Waals surface area contributed by atoms with E-state index in [4.69, 9.17) is 14.2 Å². The molecule has 0 fully saturated rings. The first-order chi connectivity index (χ1) is 60.1. The van der Waals surface area contributed by atoms with Gasteiger partial charge in [0.05, 0.1) is 22.5 Å². The molecule has 0 unspecified atom stereocenters. The van der Waals surface area contributed by atoms with Crippen molar-refractivity contribution in [3.8, 4) is 0 Å². The summed E-state index contributed by atoms with van der Waals surface area (Å²) < 4.78 is 17.6. The zero-order chi connectivity index (χ0) is 87.8. The summed E-state index contributed by atoms with van der Waals surface area (Å²) in [6, 6.07) is 43.2. The molecule has 0 aliphatic rings. The number of nitrogens with zero attached hydrogens (tertiary/aromatic N) is 3. The lowest BCUT2D eigenvalue weighted by atomic mass is 9.88. The Balaban J connectivity index is 1.07. The summed E-state index contributed by atoms with van der Waals surface area (Å²) in [5.74, 6) is -1.04. The van der Waals surface area contributed by atoms with Crippen molar-refractivity contribution in [1.29, 1.82) is 0 Å². The fourth-order valence-electron chi connectivity index (χ4n) is 15.2. The van der Waals surface area contributed by atoms with Crippen LogP contribution in [0.1, 0.15) is 342 Å². The second kappa shape index (κ2) is 63.8.